The van der Waals surface area contributed by atoms with Gasteiger partial charge in [0.1, 0.15) is 0 Å². The molecule has 0 bridgehead atoms. The number of ether oxygens (including phenoxy) is 3. The molecule has 3 rings (SSSR count). The van der Waals surface area contributed by atoms with Gasteiger partial charge < -0.3 is 24.4 Å². The third-order valence-electron chi connectivity index (χ3n) is 5.11. The van der Waals surface area contributed by atoms with Crippen LogP contribution in [0.5, 0.6) is 11.9 Å². The van der Waals surface area contributed by atoms with Crippen molar-refractivity contribution in [2.45, 2.75) is 25.0 Å². The van der Waals surface area contributed by atoms with Crippen molar-refractivity contribution in [2.75, 3.05) is 20.3 Å². The van der Waals surface area contributed by atoms with E-state index in [4.69, 9.17) is 14.2 Å². The van der Waals surface area contributed by atoms with Crippen molar-refractivity contribution in [3.63, 3.8) is 0 Å². The predicted octanol–water partition coefficient (Wildman–Crippen LogP) is 2.27. The Bertz CT molecular complexity index is 952. The van der Waals surface area contributed by atoms with E-state index in [1.54, 1.807) is 6.92 Å². The van der Waals surface area contributed by atoms with Crippen LogP contribution in [-0.2, 0) is 21.6 Å². The summed E-state index contributed by atoms with van der Waals surface area (Å²) in [4.78, 5) is 21.5. The number of carbonyl (C=O) groups excluding carboxylic acids is 1. The predicted molar refractivity (Wildman–Crippen MR) is 116 cm³/mol. The lowest BCUT2D eigenvalue weighted by Crippen LogP contribution is -2.52. The van der Waals surface area contributed by atoms with Crippen LogP contribution >= 0.6 is 0 Å². The number of hydrogen-bond donors (Lipinski definition) is 2. The van der Waals surface area contributed by atoms with Gasteiger partial charge in [-0.2, -0.15) is 9.97 Å². The Hall–Kier alpha value is -3.49. The first-order valence-corrected chi connectivity index (χ1v) is 10.2. The molecule has 1 heterocycles. The quantitative estimate of drug-likeness (QED) is 0.464. The summed E-state index contributed by atoms with van der Waals surface area (Å²) in [7, 11) is 1.42. The van der Waals surface area contributed by atoms with E-state index in [1.807, 2.05) is 60.7 Å². The zero-order valence-corrected chi connectivity index (χ0v) is 18.0. The maximum absolute atomic E-state index is 13.2. The normalized spacial score (nSPS) is 12.1. The highest BCUT2D eigenvalue weighted by Gasteiger charge is 2.49. The number of methoxy groups -OCH3 is 1. The van der Waals surface area contributed by atoms with Gasteiger partial charge in [-0.15, -0.1) is 0 Å². The summed E-state index contributed by atoms with van der Waals surface area (Å²) in [5, 5.41) is 20.3. The Morgan fingerprint density at radius 1 is 1.00 bits per heavy atom. The van der Waals surface area contributed by atoms with Crippen LogP contribution in [0.2, 0.25) is 0 Å². The van der Waals surface area contributed by atoms with Gasteiger partial charge in [-0.3, -0.25) is 0 Å². The number of esters is 1. The topological polar surface area (TPSA) is 111 Å². The molecule has 168 valence electrons. The molecule has 0 fully saturated rings. The highest BCUT2D eigenvalue weighted by atomic mass is 16.6. The van der Waals surface area contributed by atoms with Gasteiger partial charge in [-0.1, -0.05) is 60.7 Å². The lowest BCUT2D eigenvalue weighted by molar-refractivity contribution is -0.155. The number of benzene rings is 2. The van der Waals surface area contributed by atoms with Crippen LogP contribution in [0.25, 0.3) is 0 Å². The van der Waals surface area contributed by atoms with E-state index in [0.29, 0.717) is 11.1 Å². The summed E-state index contributed by atoms with van der Waals surface area (Å²) in [5.41, 5.74) is 0.234. The van der Waals surface area contributed by atoms with E-state index in [-0.39, 0.29) is 30.8 Å². The molecule has 0 spiro atoms. The fourth-order valence-electron chi connectivity index (χ4n) is 3.57. The molecule has 3 aromatic rings. The van der Waals surface area contributed by atoms with Crippen molar-refractivity contribution >= 4 is 5.97 Å². The second-order valence-electron chi connectivity index (χ2n) is 6.95. The van der Waals surface area contributed by atoms with Gasteiger partial charge in [0.2, 0.25) is 12.0 Å². The molecule has 1 aromatic heterocycles. The molecule has 0 aliphatic heterocycles. The fraction of sp³-hybridized carbons (Fsp3) is 0.292. The van der Waals surface area contributed by atoms with Crippen molar-refractivity contribution in [1.29, 1.82) is 0 Å². The number of carbonyl (C=O) groups is 1. The summed E-state index contributed by atoms with van der Waals surface area (Å²) >= 11 is 0. The average molecular weight is 438 g/mol. The Morgan fingerprint density at radius 3 is 2.06 bits per heavy atom. The maximum atomic E-state index is 13.2. The van der Waals surface area contributed by atoms with E-state index >= 15 is 0 Å². The van der Waals surface area contributed by atoms with Gasteiger partial charge in [0, 0.05) is 6.07 Å². The minimum Gasteiger partial charge on any atom is -0.481 e. The van der Waals surface area contributed by atoms with Gasteiger partial charge in [0.05, 0.1) is 38.0 Å². The minimum absolute atomic E-state index is 0.116. The van der Waals surface area contributed by atoms with E-state index < -0.39 is 24.1 Å². The molecule has 0 saturated carbocycles. The Morgan fingerprint density at radius 2 is 1.59 bits per heavy atom. The molecule has 0 aliphatic rings. The smallest absolute Gasteiger partial charge is 0.348 e. The first-order valence-electron chi connectivity index (χ1n) is 10.2. The summed E-state index contributed by atoms with van der Waals surface area (Å²) < 4.78 is 16.5. The minimum atomic E-state index is -1.34. The third-order valence-corrected chi connectivity index (χ3v) is 5.11. The van der Waals surface area contributed by atoms with E-state index in [9.17, 15) is 15.0 Å². The Labute approximate surface area is 186 Å². The van der Waals surface area contributed by atoms with Gasteiger partial charge in [-0.05, 0) is 18.1 Å². The molecule has 1 atom stereocenters. The van der Waals surface area contributed by atoms with Crippen molar-refractivity contribution in [2.24, 2.45) is 0 Å². The van der Waals surface area contributed by atoms with Crippen LogP contribution in [-0.4, -0.2) is 52.6 Å². The lowest BCUT2D eigenvalue weighted by atomic mass is 9.70. The molecule has 0 unspecified atom stereocenters. The molecular formula is C24H26N2O6. The second-order valence-corrected chi connectivity index (χ2v) is 6.95. The first kappa shape index (κ1) is 23.2. The molecule has 8 nitrogen and oxygen atoms in total. The molecule has 0 aliphatic carbocycles. The second kappa shape index (κ2) is 10.7. The zero-order chi connectivity index (χ0) is 23.0. The number of hydrogen-bond acceptors (Lipinski definition) is 8. The molecule has 2 aromatic carbocycles. The first-order chi connectivity index (χ1) is 15.6. The van der Waals surface area contributed by atoms with E-state index in [2.05, 4.69) is 9.97 Å². The lowest BCUT2D eigenvalue weighted by Gasteiger charge is -2.38. The van der Waals surface area contributed by atoms with Crippen LogP contribution in [0.15, 0.2) is 66.7 Å². The van der Waals surface area contributed by atoms with Crippen molar-refractivity contribution in [3.05, 3.63) is 83.6 Å². The summed E-state index contributed by atoms with van der Waals surface area (Å²) in [6.45, 7) is 0.973. The monoisotopic (exact) mass is 438 g/mol. The van der Waals surface area contributed by atoms with Crippen molar-refractivity contribution in [3.8, 4) is 11.9 Å². The van der Waals surface area contributed by atoms with Crippen LogP contribution in [0.3, 0.4) is 0 Å². The van der Waals surface area contributed by atoms with E-state index in [0.717, 1.165) is 0 Å². The highest BCUT2D eigenvalue weighted by molar-refractivity contribution is 5.79. The Kier molecular flexibility index (Phi) is 7.75. The molecule has 8 heteroatoms. The maximum Gasteiger partial charge on any atom is 0.348 e. The number of aromatic nitrogens is 2. The number of nitrogens with zero attached hydrogens (tertiary/aromatic N) is 2. The summed E-state index contributed by atoms with van der Waals surface area (Å²) in [6, 6.07) is 19.5. The number of aliphatic hydroxyl groups excluding tert-OH is 2. The zero-order valence-electron chi connectivity index (χ0n) is 18.0. The number of rotatable bonds is 10. The third kappa shape index (κ3) is 4.71. The summed E-state index contributed by atoms with van der Waals surface area (Å²) in [5.74, 6) is -0.526. The van der Waals surface area contributed by atoms with Crippen LogP contribution < -0.4 is 9.47 Å². The molecule has 0 saturated heterocycles. The van der Waals surface area contributed by atoms with Crippen molar-refractivity contribution in [1.82, 2.24) is 9.97 Å². The van der Waals surface area contributed by atoms with Crippen LogP contribution in [0.1, 0.15) is 23.7 Å². The van der Waals surface area contributed by atoms with Crippen LogP contribution in [0, 0.1) is 0 Å². The van der Waals surface area contributed by atoms with Crippen LogP contribution in [0.4, 0.5) is 0 Å². The fourth-order valence-corrected chi connectivity index (χ4v) is 3.57. The molecule has 2 N–H and O–H groups in total. The Balaban J connectivity index is 2.21. The largest absolute Gasteiger partial charge is 0.481 e. The average Bonchev–Trinajstić information content (AvgIpc) is 2.85. The summed E-state index contributed by atoms with van der Waals surface area (Å²) in [6.07, 6.45) is -1.34. The molecule has 32 heavy (non-hydrogen) atoms. The van der Waals surface area contributed by atoms with Crippen molar-refractivity contribution < 1.29 is 29.2 Å². The SMILES string of the molecule is CCOC(=O)[C@@H](Oc1nc(CO)cc(OC)n1)C(CO)(c1ccccc1)c1ccccc1. The molecule has 0 amide bonds. The molecule has 0 radical (unpaired) electrons. The van der Waals surface area contributed by atoms with Gasteiger partial charge in [-0.25, -0.2) is 4.79 Å². The molecular weight excluding hydrogens is 412 g/mol. The standard InChI is InChI=1S/C24H26N2O6/c1-3-31-22(29)21(32-23-25-19(15-27)14-20(26-23)30-2)24(16-28,17-10-6-4-7-11-17)18-12-8-5-9-13-18/h4-14,21,27-28H,3,15-16H2,1-2H3/t21-/m1/s1. The van der Waals surface area contributed by atoms with Gasteiger partial charge in [0.25, 0.3) is 0 Å². The van der Waals surface area contributed by atoms with E-state index in [1.165, 1.54) is 13.2 Å². The number of aliphatic hydroxyl groups is 2. The van der Waals surface area contributed by atoms with Gasteiger partial charge >= 0.3 is 12.0 Å². The van der Waals surface area contributed by atoms with Gasteiger partial charge in [0.15, 0.2) is 0 Å². The highest BCUT2D eigenvalue weighted by Crippen LogP contribution is 2.38.